The highest BCUT2D eigenvalue weighted by Gasteiger charge is 2.52. The third-order valence-electron chi connectivity index (χ3n) is 5.51. The van der Waals surface area contributed by atoms with E-state index < -0.39 is 11.5 Å². The predicted molar refractivity (Wildman–Crippen MR) is 107 cm³/mol. The summed E-state index contributed by atoms with van der Waals surface area (Å²) < 4.78 is 13.3. The van der Waals surface area contributed by atoms with Gasteiger partial charge in [-0.15, -0.1) is 0 Å². The van der Waals surface area contributed by atoms with Crippen LogP contribution >= 0.6 is 11.6 Å². The van der Waals surface area contributed by atoms with Crippen LogP contribution in [0.25, 0.3) is 0 Å². The molecule has 0 aromatic heterocycles. The van der Waals surface area contributed by atoms with Crippen molar-refractivity contribution in [2.45, 2.75) is 31.8 Å². The zero-order valence-electron chi connectivity index (χ0n) is 15.7. The van der Waals surface area contributed by atoms with E-state index in [4.69, 9.17) is 11.6 Å². The Morgan fingerprint density at radius 2 is 2.00 bits per heavy atom. The summed E-state index contributed by atoms with van der Waals surface area (Å²) in [5.74, 6) is -1.14. The molecule has 4 rings (SSSR count). The molecule has 6 nitrogen and oxygen atoms in total. The molecule has 0 radical (unpaired) electrons. The van der Waals surface area contributed by atoms with Crippen molar-refractivity contribution in [2.75, 3.05) is 16.8 Å². The largest absolute Gasteiger partial charge is 0.326 e. The lowest BCUT2D eigenvalue weighted by atomic mass is 9.98. The summed E-state index contributed by atoms with van der Waals surface area (Å²) in [6.45, 7) is 2.00. The zero-order valence-corrected chi connectivity index (χ0v) is 16.5. The van der Waals surface area contributed by atoms with Crippen molar-refractivity contribution in [1.82, 2.24) is 4.90 Å². The highest BCUT2D eigenvalue weighted by Crippen LogP contribution is 2.43. The summed E-state index contributed by atoms with van der Waals surface area (Å²) in [5.41, 5.74) is 0.637. The van der Waals surface area contributed by atoms with E-state index in [1.807, 2.05) is 6.92 Å². The molecule has 2 heterocycles. The van der Waals surface area contributed by atoms with Gasteiger partial charge in [0.05, 0.1) is 16.3 Å². The van der Waals surface area contributed by atoms with Crippen molar-refractivity contribution in [2.24, 2.45) is 0 Å². The van der Waals surface area contributed by atoms with Gasteiger partial charge in [0.15, 0.2) is 0 Å². The minimum absolute atomic E-state index is 0.0283. The number of halogens is 2. The number of carbonyl (C=O) groups is 3. The Morgan fingerprint density at radius 3 is 2.76 bits per heavy atom. The molecule has 0 spiro atoms. The van der Waals surface area contributed by atoms with Gasteiger partial charge in [-0.1, -0.05) is 23.7 Å². The minimum Gasteiger partial charge on any atom is -0.326 e. The van der Waals surface area contributed by atoms with E-state index >= 15 is 0 Å². The third-order valence-corrected chi connectivity index (χ3v) is 5.80. The van der Waals surface area contributed by atoms with Crippen LogP contribution in [0.5, 0.6) is 0 Å². The molecule has 1 saturated heterocycles. The van der Waals surface area contributed by atoms with Crippen LogP contribution in [0.4, 0.5) is 15.8 Å². The third kappa shape index (κ3) is 3.25. The quantitative estimate of drug-likeness (QED) is 0.825. The fraction of sp³-hybridized carbons (Fsp3) is 0.286. The second-order valence-corrected chi connectivity index (χ2v) is 7.75. The maximum absolute atomic E-state index is 13.3. The van der Waals surface area contributed by atoms with Gasteiger partial charge in [-0.2, -0.15) is 0 Å². The number of fused-ring (bicyclic) bond motifs is 3. The lowest BCUT2D eigenvalue weighted by molar-refractivity contribution is -0.117. The fourth-order valence-electron chi connectivity index (χ4n) is 4.05. The van der Waals surface area contributed by atoms with Crippen LogP contribution in [0.3, 0.4) is 0 Å². The lowest BCUT2D eigenvalue weighted by Gasteiger charge is -2.48. The Kier molecular flexibility index (Phi) is 4.78. The molecule has 1 unspecified atom stereocenters. The monoisotopic (exact) mass is 415 g/mol. The first-order valence-corrected chi connectivity index (χ1v) is 9.68. The van der Waals surface area contributed by atoms with Gasteiger partial charge in [-0.25, -0.2) is 4.39 Å². The molecule has 2 aliphatic rings. The Morgan fingerprint density at radius 1 is 1.24 bits per heavy atom. The van der Waals surface area contributed by atoms with Crippen molar-refractivity contribution in [3.63, 3.8) is 0 Å². The molecule has 0 saturated carbocycles. The summed E-state index contributed by atoms with van der Waals surface area (Å²) >= 11 is 5.74. The Hall–Kier alpha value is -2.93. The maximum atomic E-state index is 13.3. The molecular weight excluding hydrogens is 397 g/mol. The van der Waals surface area contributed by atoms with Gasteiger partial charge in [0.1, 0.15) is 11.5 Å². The number of rotatable bonds is 4. The Labute approximate surface area is 172 Å². The highest BCUT2D eigenvalue weighted by atomic mass is 35.5. The van der Waals surface area contributed by atoms with Crippen molar-refractivity contribution in [1.29, 1.82) is 0 Å². The summed E-state index contributed by atoms with van der Waals surface area (Å²) in [5, 5.41) is 2.57. The van der Waals surface area contributed by atoms with Gasteiger partial charge in [-0.05, 0) is 43.7 Å². The second kappa shape index (κ2) is 7.15. The van der Waals surface area contributed by atoms with E-state index in [2.05, 4.69) is 5.32 Å². The Bertz CT molecular complexity index is 1030. The first-order valence-electron chi connectivity index (χ1n) is 9.30. The van der Waals surface area contributed by atoms with Crippen LogP contribution in [0, 0.1) is 5.82 Å². The average Bonchev–Trinajstić information content (AvgIpc) is 3.00. The van der Waals surface area contributed by atoms with Crippen molar-refractivity contribution in [3.05, 3.63) is 58.9 Å². The molecular formula is C21H19ClFN3O3. The number of nitrogens with one attached hydrogen (secondary N) is 1. The molecule has 2 aromatic carbocycles. The molecule has 0 aliphatic carbocycles. The lowest BCUT2D eigenvalue weighted by Crippen LogP contribution is -2.62. The van der Waals surface area contributed by atoms with Gasteiger partial charge in [0.2, 0.25) is 11.8 Å². The molecule has 1 fully saturated rings. The van der Waals surface area contributed by atoms with Gasteiger partial charge in [0, 0.05) is 25.1 Å². The SMILES string of the molecule is CC12CCC(=O)N1c1ccccc1C(=O)N2CCC(=O)Nc1ccc(F)c(Cl)c1. The number of nitrogens with zero attached hydrogens (tertiary/aromatic N) is 2. The van der Waals surface area contributed by atoms with Crippen molar-refractivity contribution >= 4 is 40.7 Å². The van der Waals surface area contributed by atoms with Crippen LogP contribution in [0.1, 0.15) is 36.5 Å². The standard InChI is InChI=1S/C21H19ClFN3O3/c1-21-10-8-19(28)26(21)17-5-3-2-4-14(17)20(29)25(21)11-9-18(27)24-13-6-7-16(23)15(22)12-13/h2-7,12H,8-11H2,1H3,(H,24,27). The molecule has 150 valence electrons. The van der Waals surface area contributed by atoms with Gasteiger partial charge in [0.25, 0.3) is 5.91 Å². The molecule has 1 N–H and O–H groups in total. The second-order valence-electron chi connectivity index (χ2n) is 7.35. The summed E-state index contributed by atoms with van der Waals surface area (Å²) in [6.07, 6.45) is 0.872. The molecule has 0 bridgehead atoms. The first kappa shape index (κ1) is 19.4. The minimum atomic E-state index is -0.804. The summed E-state index contributed by atoms with van der Waals surface area (Å²) in [7, 11) is 0. The maximum Gasteiger partial charge on any atom is 0.257 e. The van der Waals surface area contributed by atoms with Crippen LogP contribution in [0.2, 0.25) is 5.02 Å². The van der Waals surface area contributed by atoms with Crippen molar-refractivity contribution in [3.8, 4) is 0 Å². The Balaban J connectivity index is 1.53. The molecule has 2 aliphatic heterocycles. The number of carbonyl (C=O) groups excluding carboxylic acids is 3. The molecule has 8 heteroatoms. The summed E-state index contributed by atoms with van der Waals surface area (Å²) in [4.78, 5) is 41.3. The van der Waals surface area contributed by atoms with E-state index in [-0.39, 0.29) is 35.7 Å². The van der Waals surface area contributed by atoms with E-state index in [0.29, 0.717) is 29.8 Å². The first-order chi connectivity index (χ1) is 13.8. The van der Waals surface area contributed by atoms with Crippen LogP contribution in [-0.2, 0) is 9.59 Å². The van der Waals surface area contributed by atoms with E-state index in [1.54, 1.807) is 34.1 Å². The van der Waals surface area contributed by atoms with Gasteiger partial charge < -0.3 is 10.2 Å². The van der Waals surface area contributed by atoms with Crippen molar-refractivity contribution < 1.29 is 18.8 Å². The van der Waals surface area contributed by atoms with Gasteiger partial charge in [-0.3, -0.25) is 19.3 Å². The summed E-state index contributed by atoms with van der Waals surface area (Å²) in [6, 6.07) is 10.9. The smallest absolute Gasteiger partial charge is 0.257 e. The highest BCUT2D eigenvalue weighted by molar-refractivity contribution is 6.31. The fourth-order valence-corrected chi connectivity index (χ4v) is 4.23. The van der Waals surface area contributed by atoms with E-state index in [0.717, 1.165) is 0 Å². The van der Waals surface area contributed by atoms with Crippen LogP contribution in [-0.4, -0.2) is 34.8 Å². The molecule has 1 atom stereocenters. The van der Waals surface area contributed by atoms with Gasteiger partial charge >= 0.3 is 0 Å². The average molecular weight is 416 g/mol. The van der Waals surface area contributed by atoms with E-state index in [1.165, 1.54) is 18.2 Å². The normalized spacial score (nSPS) is 20.5. The molecule has 3 amide bonds. The number of hydrogen-bond donors (Lipinski definition) is 1. The molecule has 29 heavy (non-hydrogen) atoms. The van der Waals surface area contributed by atoms with Crippen LogP contribution in [0.15, 0.2) is 42.5 Å². The molecule has 2 aromatic rings. The number of hydrogen-bond acceptors (Lipinski definition) is 3. The number of benzene rings is 2. The van der Waals surface area contributed by atoms with Crippen LogP contribution < -0.4 is 10.2 Å². The van der Waals surface area contributed by atoms with E-state index in [9.17, 15) is 18.8 Å². The number of anilines is 2. The number of para-hydroxylation sites is 1. The number of amides is 3. The predicted octanol–water partition coefficient (Wildman–Crippen LogP) is 3.81. The topological polar surface area (TPSA) is 69.7 Å². The zero-order chi connectivity index (χ0) is 20.8.